The summed E-state index contributed by atoms with van der Waals surface area (Å²) in [5.41, 5.74) is 2.33. The zero-order valence-corrected chi connectivity index (χ0v) is 21.2. The average Bonchev–Trinajstić information content (AvgIpc) is 2.82. The molecule has 1 aliphatic heterocycles. The van der Waals surface area contributed by atoms with Gasteiger partial charge >= 0.3 is 0 Å². The summed E-state index contributed by atoms with van der Waals surface area (Å²) in [6, 6.07) is 18.3. The van der Waals surface area contributed by atoms with E-state index in [4.69, 9.17) is 4.74 Å². The van der Waals surface area contributed by atoms with Crippen LogP contribution in [-0.2, 0) is 11.2 Å². The minimum atomic E-state index is -0.0565. The zero-order valence-electron chi connectivity index (χ0n) is 18.9. The smallest absolute Gasteiger partial charge is 0.241 e. The second-order valence-electron chi connectivity index (χ2n) is 7.40. The molecular formula is C24H34IN5O2. The highest BCUT2D eigenvalue weighted by Gasteiger charge is 2.21. The number of para-hydroxylation sites is 2. The molecule has 7 nitrogen and oxygen atoms in total. The molecular weight excluding hydrogens is 517 g/mol. The summed E-state index contributed by atoms with van der Waals surface area (Å²) < 4.78 is 5.50. The molecule has 0 spiro atoms. The third-order valence-corrected chi connectivity index (χ3v) is 5.29. The van der Waals surface area contributed by atoms with Crippen molar-refractivity contribution in [3.05, 3.63) is 60.2 Å². The molecule has 3 rings (SSSR count). The van der Waals surface area contributed by atoms with E-state index in [2.05, 4.69) is 43.6 Å². The molecule has 0 saturated carbocycles. The van der Waals surface area contributed by atoms with Crippen LogP contribution in [-0.4, -0.2) is 69.7 Å². The number of aliphatic imine (C=N–C) groups is 1. The van der Waals surface area contributed by atoms with E-state index in [0.717, 1.165) is 56.5 Å². The normalized spacial score (nSPS) is 13.9. The molecule has 0 aliphatic carbocycles. The lowest BCUT2D eigenvalue weighted by Gasteiger charge is -2.38. The molecule has 32 heavy (non-hydrogen) atoms. The van der Waals surface area contributed by atoms with Crippen molar-refractivity contribution in [2.75, 3.05) is 57.8 Å². The third kappa shape index (κ3) is 7.58. The highest BCUT2D eigenvalue weighted by molar-refractivity contribution is 14.0. The predicted molar refractivity (Wildman–Crippen MR) is 141 cm³/mol. The fourth-order valence-electron chi connectivity index (χ4n) is 3.67. The van der Waals surface area contributed by atoms with Crippen molar-refractivity contribution < 1.29 is 9.53 Å². The molecule has 0 aromatic heterocycles. The van der Waals surface area contributed by atoms with Crippen molar-refractivity contribution in [1.82, 2.24) is 15.5 Å². The largest absolute Gasteiger partial charge is 0.495 e. The number of methoxy groups -OCH3 is 1. The van der Waals surface area contributed by atoms with Gasteiger partial charge in [-0.3, -0.25) is 4.79 Å². The Hall–Kier alpha value is -2.49. The number of rotatable bonds is 8. The first-order valence-corrected chi connectivity index (χ1v) is 10.9. The van der Waals surface area contributed by atoms with Crippen LogP contribution in [0.2, 0.25) is 0 Å². The molecule has 8 heteroatoms. The molecule has 2 aromatic carbocycles. The van der Waals surface area contributed by atoms with Crippen LogP contribution in [0.3, 0.4) is 0 Å². The predicted octanol–water partition coefficient (Wildman–Crippen LogP) is 2.76. The van der Waals surface area contributed by atoms with Crippen molar-refractivity contribution in [2.45, 2.75) is 13.3 Å². The van der Waals surface area contributed by atoms with Crippen LogP contribution in [0.4, 0.5) is 5.69 Å². The van der Waals surface area contributed by atoms with Crippen LogP contribution in [0.1, 0.15) is 12.5 Å². The lowest BCUT2D eigenvalue weighted by molar-refractivity contribution is -0.119. The number of piperazine rings is 1. The standard InChI is InChI=1S/C24H33N5O2.HI/c1-3-25-24(27-19-23(30)26-14-13-20-9-5-4-6-10-20)29-17-15-28(16-18-29)21-11-7-8-12-22(21)31-2;/h4-12H,3,13-19H2,1-2H3,(H,25,27)(H,26,30);1H. The van der Waals surface area contributed by atoms with E-state index in [-0.39, 0.29) is 36.4 Å². The summed E-state index contributed by atoms with van der Waals surface area (Å²) in [7, 11) is 1.70. The van der Waals surface area contributed by atoms with Gasteiger partial charge in [0, 0.05) is 39.3 Å². The van der Waals surface area contributed by atoms with E-state index < -0.39 is 0 Å². The number of hydrogen-bond donors (Lipinski definition) is 2. The first kappa shape index (κ1) is 25.8. The van der Waals surface area contributed by atoms with E-state index in [1.807, 2.05) is 43.3 Å². The molecule has 1 amide bonds. The molecule has 0 bridgehead atoms. The summed E-state index contributed by atoms with van der Waals surface area (Å²) in [5.74, 6) is 1.63. The fourth-order valence-corrected chi connectivity index (χ4v) is 3.67. The Labute approximate surface area is 208 Å². The summed E-state index contributed by atoms with van der Waals surface area (Å²) in [6.45, 7) is 6.96. The maximum Gasteiger partial charge on any atom is 0.241 e. The van der Waals surface area contributed by atoms with Crippen LogP contribution in [0.5, 0.6) is 5.75 Å². The van der Waals surface area contributed by atoms with Gasteiger partial charge in [-0.25, -0.2) is 4.99 Å². The maximum absolute atomic E-state index is 12.2. The van der Waals surface area contributed by atoms with Crippen LogP contribution in [0.15, 0.2) is 59.6 Å². The minimum absolute atomic E-state index is 0. The minimum Gasteiger partial charge on any atom is -0.495 e. The van der Waals surface area contributed by atoms with E-state index in [1.165, 1.54) is 5.56 Å². The Balaban J connectivity index is 0.00000363. The molecule has 0 unspecified atom stereocenters. The Kier molecular flexibility index (Phi) is 11.1. The Morgan fingerprint density at radius 3 is 2.38 bits per heavy atom. The molecule has 174 valence electrons. The van der Waals surface area contributed by atoms with E-state index in [9.17, 15) is 4.79 Å². The summed E-state index contributed by atoms with van der Waals surface area (Å²) in [5, 5.41) is 6.28. The molecule has 2 aromatic rings. The number of carbonyl (C=O) groups is 1. The number of hydrogen-bond acceptors (Lipinski definition) is 4. The quantitative estimate of drug-likeness (QED) is 0.300. The topological polar surface area (TPSA) is 69.2 Å². The lowest BCUT2D eigenvalue weighted by Crippen LogP contribution is -2.52. The first-order chi connectivity index (χ1) is 15.2. The van der Waals surface area contributed by atoms with Crippen LogP contribution in [0.25, 0.3) is 0 Å². The molecule has 1 fully saturated rings. The number of guanidine groups is 1. The Bertz CT molecular complexity index is 854. The van der Waals surface area contributed by atoms with Gasteiger partial charge in [-0.05, 0) is 31.0 Å². The van der Waals surface area contributed by atoms with Gasteiger partial charge in [-0.2, -0.15) is 0 Å². The van der Waals surface area contributed by atoms with Gasteiger partial charge in [0.1, 0.15) is 12.3 Å². The van der Waals surface area contributed by atoms with Gasteiger partial charge < -0.3 is 25.2 Å². The van der Waals surface area contributed by atoms with Crippen LogP contribution in [0, 0.1) is 0 Å². The molecule has 1 saturated heterocycles. The fraction of sp³-hybridized carbons (Fsp3) is 0.417. The van der Waals surface area contributed by atoms with Crippen molar-refractivity contribution in [3.63, 3.8) is 0 Å². The highest BCUT2D eigenvalue weighted by Crippen LogP contribution is 2.28. The van der Waals surface area contributed by atoms with E-state index in [0.29, 0.717) is 6.54 Å². The van der Waals surface area contributed by atoms with Crippen LogP contribution < -0.4 is 20.3 Å². The molecule has 0 radical (unpaired) electrons. The first-order valence-electron chi connectivity index (χ1n) is 10.9. The molecule has 1 aliphatic rings. The SMILES string of the molecule is CCNC(=NCC(=O)NCCc1ccccc1)N1CCN(c2ccccc2OC)CC1.I. The molecule has 1 heterocycles. The second-order valence-corrected chi connectivity index (χ2v) is 7.40. The average molecular weight is 551 g/mol. The van der Waals surface area contributed by atoms with Gasteiger partial charge in [-0.1, -0.05) is 42.5 Å². The molecule has 0 atom stereocenters. The third-order valence-electron chi connectivity index (χ3n) is 5.29. The Morgan fingerprint density at radius 2 is 1.69 bits per heavy atom. The number of benzene rings is 2. The Morgan fingerprint density at radius 1 is 1.00 bits per heavy atom. The van der Waals surface area contributed by atoms with Gasteiger partial charge in [0.25, 0.3) is 0 Å². The monoisotopic (exact) mass is 551 g/mol. The lowest BCUT2D eigenvalue weighted by atomic mass is 10.1. The highest BCUT2D eigenvalue weighted by atomic mass is 127. The number of halogens is 1. The number of anilines is 1. The van der Waals surface area contributed by atoms with Crippen molar-refractivity contribution in [1.29, 1.82) is 0 Å². The maximum atomic E-state index is 12.2. The number of nitrogens with one attached hydrogen (secondary N) is 2. The second kappa shape index (κ2) is 13.8. The zero-order chi connectivity index (χ0) is 21.9. The number of carbonyl (C=O) groups excluding carboxylic acids is 1. The van der Waals surface area contributed by atoms with E-state index >= 15 is 0 Å². The molecule has 2 N–H and O–H groups in total. The number of amides is 1. The summed E-state index contributed by atoms with van der Waals surface area (Å²) in [6.07, 6.45) is 0.821. The van der Waals surface area contributed by atoms with Gasteiger partial charge in [0.2, 0.25) is 5.91 Å². The van der Waals surface area contributed by atoms with Crippen molar-refractivity contribution in [3.8, 4) is 5.75 Å². The number of nitrogens with zero attached hydrogens (tertiary/aromatic N) is 3. The van der Waals surface area contributed by atoms with Crippen molar-refractivity contribution in [2.24, 2.45) is 4.99 Å². The summed E-state index contributed by atoms with van der Waals surface area (Å²) in [4.78, 5) is 21.4. The van der Waals surface area contributed by atoms with Gasteiger partial charge in [0.15, 0.2) is 5.96 Å². The van der Waals surface area contributed by atoms with Gasteiger partial charge in [0.05, 0.1) is 12.8 Å². The van der Waals surface area contributed by atoms with E-state index in [1.54, 1.807) is 7.11 Å². The van der Waals surface area contributed by atoms with Gasteiger partial charge in [-0.15, -0.1) is 24.0 Å². The summed E-state index contributed by atoms with van der Waals surface area (Å²) >= 11 is 0. The number of ether oxygens (including phenoxy) is 1. The van der Waals surface area contributed by atoms with Crippen LogP contribution >= 0.6 is 24.0 Å². The van der Waals surface area contributed by atoms with Crippen molar-refractivity contribution >= 4 is 41.5 Å².